The maximum absolute atomic E-state index is 13.0. The molecule has 1 heterocycles. The Labute approximate surface area is 104 Å². The first-order valence-corrected chi connectivity index (χ1v) is 5.54. The van der Waals surface area contributed by atoms with Gasteiger partial charge < -0.3 is 5.32 Å². The van der Waals surface area contributed by atoms with Crippen LogP contribution in [0.4, 0.5) is 4.39 Å². The molecule has 88 valence electrons. The molecule has 3 nitrogen and oxygen atoms in total. The summed E-state index contributed by atoms with van der Waals surface area (Å²) in [5.74, 6) is -0.325. The van der Waals surface area contributed by atoms with E-state index in [0.29, 0.717) is 18.1 Å². The van der Waals surface area contributed by atoms with Crippen LogP contribution in [0.3, 0.4) is 0 Å². The molecule has 0 fully saturated rings. The molecule has 0 bridgehead atoms. The Kier molecular flexibility index (Phi) is 4.01. The number of aromatic nitrogens is 2. The number of rotatable bonds is 4. The number of hydrogen-bond acceptors (Lipinski definition) is 3. The monoisotopic (exact) mass is 251 g/mol. The predicted octanol–water partition coefficient (Wildman–Crippen LogP) is 2.56. The molecule has 0 radical (unpaired) electrons. The molecule has 17 heavy (non-hydrogen) atoms. The normalized spacial score (nSPS) is 10.5. The number of benzene rings is 1. The molecular weight excluding hydrogens is 241 g/mol. The third-order valence-electron chi connectivity index (χ3n) is 2.19. The quantitative estimate of drug-likeness (QED) is 0.908. The molecular formula is C12H11ClFN3. The molecule has 2 rings (SSSR count). The lowest BCUT2D eigenvalue weighted by Crippen LogP contribution is -2.14. The highest BCUT2D eigenvalue weighted by Gasteiger charge is 1.99. The summed E-state index contributed by atoms with van der Waals surface area (Å²) in [5.41, 5.74) is 1.65. The molecule has 0 amide bonds. The highest BCUT2D eigenvalue weighted by Crippen LogP contribution is 2.13. The maximum atomic E-state index is 13.0. The fraction of sp³-hybridized carbons (Fsp3) is 0.167. The average molecular weight is 252 g/mol. The van der Waals surface area contributed by atoms with E-state index < -0.39 is 0 Å². The summed E-state index contributed by atoms with van der Waals surface area (Å²) in [4.78, 5) is 0. The second-order valence-corrected chi connectivity index (χ2v) is 4.03. The van der Waals surface area contributed by atoms with Crippen LogP contribution < -0.4 is 5.32 Å². The van der Waals surface area contributed by atoms with E-state index in [-0.39, 0.29) is 5.82 Å². The van der Waals surface area contributed by atoms with E-state index in [2.05, 4.69) is 15.5 Å². The molecule has 5 heteroatoms. The van der Waals surface area contributed by atoms with Gasteiger partial charge in [-0.2, -0.15) is 10.2 Å². The molecule has 0 spiro atoms. The van der Waals surface area contributed by atoms with Gasteiger partial charge in [-0.05, 0) is 35.9 Å². The van der Waals surface area contributed by atoms with E-state index in [1.807, 2.05) is 12.1 Å². The summed E-state index contributed by atoms with van der Waals surface area (Å²) in [6, 6.07) is 8.17. The molecule has 1 aromatic heterocycles. The zero-order chi connectivity index (χ0) is 12.1. The van der Waals surface area contributed by atoms with E-state index >= 15 is 0 Å². The summed E-state index contributed by atoms with van der Waals surface area (Å²) < 4.78 is 13.0. The van der Waals surface area contributed by atoms with Crippen LogP contribution in [0.25, 0.3) is 0 Å². The van der Waals surface area contributed by atoms with Gasteiger partial charge in [-0.3, -0.25) is 0 Å². The lowest BCUT2D eigenvalue weighted by Gasteiger charge is -2.04. The Hall–Kier alpha value is -1.52. The van der Waals surface area contributed by atoms with Crippen LogP contribution >= 0.6 is 11.6 Å². The molecule has 0 atom stereocenters. The van der Waals surface area contributed by atoms with Gasteiger partial charge in [0, 0.05) is 24.3 Å². The van der Waals surface area contributed by atoms with Crippen molar-refractivity contribution >= 4 is 11.6 Å². The molecule has 1 aromatic carbocycles. The minimum absolute atomic E-state index is 0.325. The van der Waals surface area contributed by atoms with Gasteiger partial charge in [0.05, 0.1) is 5.69 Å². The summed E-state index contributed by atoms with van der Waals surface area (Å²) in [6.07, 6.45) is 1.62. The van der Waals surface area contributed by atoms with Crippen LogP contribution in [0.15, 0.2) is 36.5 Å². The first kappa shape index (κ1) is 12.0. The smallest absolute Gasteiger partial charge is 0.125 e. The first-order chi connectivity index (χ1) is 8.24. The predicted molar refractivity (Wildman–Crippen MR) is 64.0 cm³/mol. The zero-order valence-corrected chi connectivity index (χ0v) is 9.78. The van der Waals surface area contributed by atoms with Crippen molar-refractivity contribution in [2.24, 2.45) is 0 Å². The second-order valence-electron chi connectivity index (χ2n) is 3.60. The molecule has 1 N–H and O–H groups in total. The topological polar surface area (TPSA) is 37.8 Å². The summed E-state index contributed by atoms with van der Waals surface area (Å²) in [5, 5.41) is 11.2. The highest BCUT2D eigenvalue weighted by molar-refractivity contribution is 6.30. The van der Waals surface area contributed by atoms with E-state index in [0.717, 1.165) is 11.3 Å². The number of nitrogens with zero attached hydrogens (tertiary/aromatic N) is 2. The van der Waals surface area contributed by atoms with Gasteiger partial charge >= 0.3 is 0 Å². The van der Waals surface area contributed by atoms with E-state index in [4.69, 9.17) is 11.6 Å². The fourth-order valence-electron chi connectivity index (χ4n) is 1.48. The molecule has 0 aliphatic rings. The molecule has 0 saturated heterocycles. The van der Waals surface area contributed by atoms with Crippen LogP contribution in [0.5, 0.6) is 0 Å². The Morgan fingerprint density at radius 3 is 2.82 bits per heavy atom. The van der Waals surface area contributed by atoms with E-state index in [1.165, 1.54) is 12.1 Å². The number of halogens is 2. The standard InChI is InChI=1S/C12H11ClFN3/c13-10-4-9(5-11(14)6-10)7-15-8-12-2-1-3-16-17-12/h1-6,15H,7-8H2. The minimum atomic E-state index is -0.325. The summed E-state index contributed by atoms with van der Waals surface area (Å²) in [7, 11) is 0. The van der Waals surface area contributed by atoms with Crippen LogP contribution in [0.1, 0.15) is 11.3 Å². The SMILES string of the molecule is Fc1cc(Cl)cc(CNCc2cccnn2)c1. The van der Waals surface area contributed by atoms with Gasteiger partial charge in [0.2, 0.25) is 0 Å². The number of nitrogens with one attached hydrogen (secondary N) is 1. The highest BCUT2D eigenvalue weighted by atomic mass is 35.5. The minimum Gasteiger partial charge on any atom is -0.307 e. The zero-order valence-electron chi connectivity index (χ0n) is 9.03. The largest absolute Gasteiger partial charge is 0.307 e. The second kappa shape index (κ2) is 5.70. The summed E-state index contributed by atoms with van der Waals surface area (Å²) in [6.45, 7) is 1.12. The van der Waals surface area contributed by atoms with Gasteiger partial charge in [0.15, 0.2) is 0 Å². The van der Waals surface area contributed by atoms with Crippen molar-refractivity contribution in [3.8, 4) is 0 Å². The summed E-state index contributed by atoms with van der Waals surface area (Å²) >= 11 is 5.76. The van der Waals surface area contributed by atoms with Crippen molar-refractivity contribution in [2.45, 2.75) is 13.1 Å². The fourth-order valence-corrected chi connectivity index (χ4v) is 1.72. The third kappa shape index (κ3) is 3.76. The van der Waals surface area contributed by atoms with Gasteiger partial charge in [0.1, 0.15) is 5.82 Å². The molecule has 0 unspecified atom stereocenters. The van der Waals surface area contributed by atoms with Crippen LogP contribution in [-0.2, 0) is 13.1 Å². The maximum Gasteiger partial charge on any atom is 0.125 e. The average Bonchev–Trinajstić information content (AvgIpc) is 2.29. The van der Waals surface area contributed by atoms with Gasteiger partial charge in [-0.1, -0.05) is 11.6 Å². The van der Waals surface area contributed by atoms with Crippen molar-refractivity contribution in [2.75, 3.05) is 0 Å². The van der Waals surface area contributed by atoms with Crippen molar-refractivity contribution < 1.29 is 4.39 Å². The molecule has 2 aromatic rings. The van der Waals surface area contributed by atoms with Crippen molar-refractivity contribution in [1.82, 2.24) is 15.5 Å². The van der Waals surface area contributed by atoms with Crippen molar-refractivity contribution in [1.29, 1.82) is 0 Å². The first-order valence-electron chi connectivity index (χ1n) is 5.16. The van der Waals surface area contributed by atoms with E-state index in [1.54, 1.807) is 12.3 Å². The Bertz CT molecular complexity index is 470. The Balaban J connectivity index is 1.90. The van der Waals surface area contributed by atoms with Gasteiger partial charge in [0.25, 0.3) is 0 Å². The Morgan fingerprint density at radius 1 is 1.24 bits per heavy atom. The van der Waals surface area contributed by atoms with Crippen LogP contribution in [0, 0.1) is 5.82 Å². The van der Waals surface area contributed by atoms with Crippen LogP contribution in [-0.4, -0.2) is 10.2 Å². The lowest BCUT2D eigenvalue weighted by atomic mass is 10.2. The van der Waals surface area contributed by atoms with Gasteiger partial charge in [-0.15, -0.1) is 0 Å². The van der Waals surface area contributed by atoms with Crippen LogP contribution in [0.2, 0.25) is 5.02 Å². The molecule has 0 saturated carbocycles. The lowest BCUT2D eigenvalue weighted by molar-refractivity contribution is 0.618. The number of hydrogen-bond donors (Lipinski definition) is 1. The van der Waals surface area contributed by atoms with Crippen molar-refractivity contribution in [3.05, 3.63) is 58.6 Å². The third-order valence-corrected chi connectivity index (χ3v) is 2.40. The van der Waals surface area contributed by atoms with E-state index in [9.17, 15) is 4.39 Å². The molecule has 0 aliphatic carbocycles. The van der Waals surface area contributed by atoms with Crippen molar-refractivity contribution in [3.63, 3.8) is 0 Å². The van der Waals surface area contributed by atoms with Gasteiger partial charge in [-0.25, -0.2) is 4.39 Å². The molecule has 0 aliphatic heterocycles. The Morgan fingerprint density at radius 2 is 2.12 bits per heavy atom.